The molecule has 0 nitrogen and oxygen atoms in total. The van der Waals surface area contributed by atoms with E-state index >= 15 is 0 Å². The number of hydrogen-bond acceptors (Lipinski definition) is 2. The quantitative estimate of drug-likeness (QED) is 0.235. The van der Waals surface area contributed by atoms with Crippen LogP contribution in [0.25, 0.3) is 0 Å². The van der Waals surface area contributed by atoms with Crippen LogP contribution in [0.15, 0.2) is 109 Å². The smallest absolute Gasteiger partial charge is 0.0996 e. The van der Waals surface area contributed by atoms with Crippen molar-refractivity contribution in [1.29, 1.82) is 0 Å². The Hall–Kier alpha value is -1.99. The summed E-state index contributed by atoms with van der Waals surface area (Å²) in [5.74, 6) is 2.32. The van der Waals surface area contributed by atoms with Crippen molar-refractivity contribution in [2.24, 2.45) is 0 Å². The van der Waals surface area contributed by atoms with E-state index < -0.39 is 16.1 Å². The molecule has 2 heterocycles. The maximum absolute atomic E-state index is 2.51. The van der Waals surface area contributed by atoms with Crippen LogP contribution in [0.5, 0.6) is 0 Å². The summed E-state index contributed by atoms with van der Waals surface area (Å²) in [7, 11) is -2.84. The number of fused-ring (bicyclic) bond motifs is 2. The van der Waals surface area contributed by atoms with Gasteiger partial charge in [0.25, 0.3) is 0 Å². The molecule has 4 aromatic rings. The summed E-state index contributed by atoms with van der Waals surface area (Å²) in [5.41, 5.74) is 6.14. The molecule has 0 radical (unpaired) electrons. The zero-order chi connectivity index (χ0) is 25.2. The number of benzene rings is 4. The van der Waals surface area contributed by atoms with Crippen molar-refractivity contribution in [3.05, 3.63) is 131 Å². The highest BCUT2D eigenvalue weighted by molar-refractivity contribution is 8.01. The average molecular weight is 541 g/mol. The predicted octanol–water partition coefficient (Wildman–Crippen LogP) is 8.26. The number of hydrogen-bond donors (Lipinski definition) is 0. The van der Waals surface area contributed by atoms with Gasteiger partial charge in [0.15, 0.2) is 0 Å². The Morgan fingerprint density at radius 2 is 0.806 bits per heavy atom. The van der Waals surface area contributed by atoms with E-state index in [-0.39, 0.29) is 0 Å². The maximum Gasteiger partial charge on any atom is 0.0996 e. The lowest BCUT2D eigenvalue weighted by atomic mass is 10.2. The summed E-state index contributed by atoms with van der Waals surface area (Å²) in [5, 5.41) is 3.30. The Labute approximate surface area is 228 Å². The molecule has 0 saturated heterocycles. The molecule has 2 aliphatic heterocycles. The minimum Gasteiger partial charge on any atom is -0.152 e. The van der Waals surface area contributed by atoms with Gasteiger partial charge in [0.1, 0.15) is 0 Å². The maximum atomic E-state index is 2.51. The van der Waals surface area contributed by atoms with Crippen LogP contribution in [0.1, 0.15) is 32.0 Å². The molecule has 0 spiro atoms. The summed E-state index contributed by atoms with van der Waals surface area (Å²) in [6.45, 7) is 10.0. The Kier molecular flexibility index (Phi) is 7.68. The third kappa shape index (κ3) is 5.06. The SMILES string of the molecule is C[Si]1(C)c2ccccc2CS[C@@H]1c1ccccc1.C[Si]1(C)c2ccccc2CS[C@@H]1c1ccccc1. The summed E-state index contributed by atoms with van der Waals surface area (Å²) in [6.07, 6.45) is 0. The van der Waals surface area contributed by atoms with E-state index in [9.17, 15) is 0 Å². The van der Waals surface area contributed by atoms with Gasteiger partial charge in [-0.3, -0.25) is 0 Å². The van der Waals surface area contributed by atoms with Gasteiger partial charge in [0.05, 0.1) is 16.1 Å². The fourth-order valence-corrected chi connectivity index (χ4v) is 18.3. The molecule has 184 valence electrons. The first-order valence-electron chi connectivity index (χ1n) is 12.9. The van der Waals surface area contributed by atoms with E-state index in [0.29, 0.717) is 9.75 Å². The molecule has 0 unspecified atom stereocenters. The summed E-state index contributed by atoms with van der Waals surface area (Å²) < 4.78 is 0. The fourth-order valence-electron chi connectivity index (χ4n) is 5.88. The van der Waals surface area contributed by atoms with Gasteiger partial charge in [-0.05, 0) is 22.3 Å². The van der Waals surface area contributed by atoms with E-state index in [1.807, 2.05) is 0 Å². The molecule has 4 aromatic carbocycles. The van der Waals surface area contributed by atoms with Crippen molar-refractivity contribution < 1.29 is 0 Å². The second kappa shape index (κ2) is 10.8. The summed E-state index contributed by atoms with van der Waals surface area (Å²) in [4.78, 5) is 1.38. The largest absolute Gasteiger partial charge is 0.152 e. The van der Waals surface area contributed by atoms with Crippen molar-refractivity contribution in [2.75, 3.05) is 0 Å². The zero-order valence-corrected chi connectivity index (χ0v) is 25.4. The van der Waals surface area contributed by atoms with E-state index in [1.54, 1.807) is 21.5 Å². The van der Waals surface area contributed by atoms with Crippen molar-refractivity contribution >= 4 is 50.0 Å². The molecule has 4 heteroatoms. The molecule has 2 atom stereocenters. The topological polar surface area (TPSA) is 0 Å². The van der Waals surface area contributed by atoms with Gasteiger partial charge in [-0.2, -0.15) is 23.5 Å². The molecule has 0 aromatic heterocycles. The third-order valence-electron chi connectivity index (χ3n) is 7.75. The van der Waals surface area contributed by atoms with Crippen LogP contribution in [0.4, 0.5) is 0 Å². The van der Waals surface area contributed by atoms with Crippen LogP contribution in [0.3, 0.4) is 0 Å². The number of rotatable bonds is 2. The zero-order valence-electron chi connectivity index (χ0n) is 21.8. The standard InChI is InChI=1S/2C16H18SSi/c2*1-18(2)15-11-7-6-10-14(15)12-17-16(18)13-8-4-3-5-9-13/h2*3-11,16H,12H2,1-2H3/t2*16-/m00/s1. The second-order valence-corrected chi connectivity index (χ2v) is 23.1. The Balaban J connectivity index is 0.000000148. The Morgan fingerprint density at radius 3 is 1.19 bits per heavy atom. The van der Waals surface area contributed by atoms with Crippen molar-refractivity contribution in [3.8, 4) is 0 Å². The third-order valence-corrected chi connectivity index (χ3v) is 21.5. The number of thioether (sulfide) groups is 2. The minimum absolute atomic E-state index is 0.689. The van der Waals surface area contributed by atoms with Crippen LogP contribution < -0.4 is 10.4 Å². The monoisotopic (exact) mass is 540 g/mol. The first kappa shape index (κ1) is 25.7. The van der Waals surface area contributed by atoms with E-state index in [2.05, 4.69) is 159 Å². The molecule has 0 aliphatic carbocycles. The van der Waals surface area contributed by atoms with E-state index in [4.69, 9.17) is 0 Å². The van der Waals surface area contributed by atoms with E-state index in [0.717, 1.165) is 11.5 Å². The lowest BCUT2D eigenvalue weighted by Gasteiger charge is -2.38. The molecule has 0 fully saturated rings. The van der Waals surface area contributed by atoms with Gasteiger partial charge in [-0.1, -0.05) is 146 Å². The minimum atomic E-state index is -1.42. The van der Waals surface area contributed by atoms with Crippen molar-refractivity contribution in [3.63, 3.8) is 0 Å². The molecule has 6 rings (SSSR count). The van der Waals surface area contributed by atoms with Crippen molar-refractivity contribution in [2.45, 2.75) is 47.4 Å². The summed E-state index contributed by atoms with van der Waals surface area (Å²) >= 11 is 4.26. The van der Waals surface area contributed by atoms with Crippen LogP contribution in [-0.2, 0) is 11.5 Å². The van der Waals surface area contributed by atoms with Crippen LogP contribution in [0.2, 0.25) is 26.2 Å². The molecule has 0 bridgehead atoms. The molecule has 2 aliphatic rings. The highest BCUT2D eigenvalue weighted by atomic mass is 32.2. The highest BCUT2D eigenvalue weighted by Gasteiger charge is 2.40. The molecule has 0 saturated carbocycles. The molecular formula is C32H36S2Si2. The molecule has 36 heavy (non-hydrogen) atoms. The summed E-state index contributed by atoms with van der Waals surface area (Å²) in [6, 6.07) is 40.1. The molecule has 0 N–H and O–H groups in total. The average Bonchev–Trinajstić information content (AvgIpc) is 2.90. The van der Waals surface area contributed by atoms with Gasteiger partial charge >= 0.3 is 0 Å². The van der Waals surface area contributed by atoms with E-state index in [1.165, 1.54) is 11.1 Å². The lowest BCUT2D eigenvalue weighted by Crippen LogP contribution is -2.50. The predicted molar refractivity (Wildman–Crippen MR) is 168 cm³/mol. The fraction of sp³-hybridized carbons (Fsp3) is 0.250. The van der Waals surface area contributed by atoms with Crippen LogP contribution in [-0.4, -0.2) is 16.1 Å². The highest BCUT2D eigenvalue weighted by Crippen LogP contribution is 2.43. The Morgan fingerprint density at radius 1 is 0.472 bits per heavy atom. The van der Waals surface area contributed by atoms with Crippen LogP contribution >= 0.6 is 23.5 Å². The van der Waals surface area contributed by atoms with Crippen LogP contribution in [0, 0.1) is 0 Å². The van der Waals surface area contributed by atoms with Gasteiger partial charge < -0.3 is 0 Å². The van der Waals surface area contributed by atoms with Crippen molar-refractivity contribution in [1.82, 2.24) is 0 Å². The lowest BCUT2D eigenvalue weighted by molar-refractivity contribution is 1.24. The normalized spacial score (nSPS) is 21.3. The first-order chi connectivity index (χ1) is 17.4. The first-order valence-corrected chi connectivity index (χ1v) is 21.1. The van der Waals surface area contributed by atoms with Gasteiger partial charge in [0.2, 0.25) is 0 Å². The van der Waals surface area contributed by atoms with Gasteiger partial charge in [-0.25, -0.2) is 0 Å². The van der Waals surface area contributed by atoms with Gasteiger partial charge in [0, 0.05) is 21.3 Å². The van der Waals surface area contributed by atoms with Gasteiger partial charge in [-0.15, -0.1) is 0 Å². The second-order valence-electron chi connectivity index (χ2n) is 11.0. The molecular weight excluding hydrogens is 505 g/mol. The Bertz CT molecular complexity index is 1200. The molecule has 0 amide bonds.